The van der Waals surface area contributed by atoms with Crippen LogP contribution in [0.5, 0.6) is 0 Å². The van der Waals surface area contributed by atoms with Crippen LogP contribution in [0, 0.1) is 0 Å². The van der Waals surface area contributed by atoms with E-state index in [0.717, 1.165) is 29.7 Å². The number of carbonyl (C=O) groups is 2. The van der Waals surface area contributed by atoms with Crippen LogP contribution in [0.4, 0.5) is 13.2 Å². The molecule has 2 saturated heterocycles. The molecule has 2 amide bonds. The number of pyridine rings is 1. The number of carbonyl (C=O) groups excluding carboxylic acids is 2. The molecule has 0 radical (unpaired) electrons. The van der Waals surface area contributed by atoms with Gasteiger partial charge in [-0.1, -0.05) is 11.6 Å². The molecule has 7 nitrogen and oxygen atoms in total. The quantitative estimate of drug-likeness (QED) is 0.748. The van der Waals surface area contributed by atoms with Gasteiger partial charge in [-0.15, -0.1) is 0 Å². The molecule has 0 bridgehead atoms. The minimum Gasteiger partial charge on any atom is -0.389 e. The van der Waals surface area contributed by atoms with Crippen molar-refractivity contribution in [1.29, 1.82) is 0 Å². The Kier molecular flexibility index (Phi) is 5.12. The molecule has 1 aliphatic carbocycles. The summed E-state index contributed by atoms with van der Waals surface area (Å²) in [6.07, 6.45) is -0.868. The van der Waals surface area contributed by atoms with E-state index in [-0.39, 0.29) is 41.8 Å². The van der Waals surface area contributed by atoms with Crippen molar-refractivity contribution in [3.63, 3.8) is 0 Å². The monoisotopic (exact) mass is 470 g/mol. The van der Waals surface area contributed by atoms with Gasteiger partial charge in [0.15, 0.2) is 11.3 Å². The number of amides is 2. The normalized spacial score (nSPS) is 24.6. The molecular weight excluding hydrogens is 449 g/mol. The number of imidazole rings is 1. The Morgan fingerprint density at radius 2 is 1.97 bits per heavy atom. The van der Waals surface area contributed by atoms with Crippen molar-refractivity contribution < 1.29 is 27.9 Å². The number of aromatic nitrogens is 2. The smallest absolute Gasteiger partial charge is 0.389 e. The summed E-state index contributed by atoms with van der Waals surface area (Å²) in [4.78, 5) is 32.1. The highest BCUT2D eigenvalue weighted by atomic mass is 35.5. The summed E-state index contributed by atoms with van der Waals surface area (Å²) in [6, 6.07) is 0.718. The zero-order valence-electron chi connectivity index (χ0n) is 17.1. The molecule has 2 aromatic heterocycles. The Morgan fingerprint density at radius 3 is 2.56 bits per heavy atom. The highest BCUT2D eigenvalue weighted by Crippen LogP contribution is 2.43. The second kappa shape index (κ2) is 7.62. The number of fused-ring (bicyclic) bond motifs is 1. The molecule has 5 rings (SSSR count). The van der Waals surface area contributed by atoms with E-state index >= 15 is 0 Å². The third kappa shape index (κ3) is 3.63. The molecule has 2 aliphatic heterocycles. The lowest BCUT2D eigenvalue weighted by atomic mass is 10.00. The number of piperidine rings is 1. The van der Waals surface area contributed by atoms with Gasteiger partial charge in [-0.05, 0) is 43.2 Å². The highest BCUT2D eigenvalue weighted by Gasteiger charge is 2.40. The number of nitrogens with zero attached hydrogens (tertiary/aromatic N) is 4. The molecular formula is C21H22ClF3N4O3. The summed E-state index contributed by atoms with van der Waals surface area (Å²) in [5.41, 5.74) is -1.08. The molecule has 4 heterocycles. The van der Waals surface area contributed by atoms with Crippen LogP contribution in [0.2, 0.25) is 5.15 Å². The second-order valence-electron chi connectivity index (χ2n) is 8.77. The van der Waals surface area contributed by atoms with Gasteiger partial charge in [-0.25, -0.2) is 4.98 Å². The molecule has 0 spiro atoms. The lowest BCUT2D eigenvalue weighted by Crippen LogP contribution is -2.55. The van der Waals surface area contributed by atoms with Gasteiger partial charge < -0.3 is 14.9 Å². The first-order chi connectivity index (χ1) is 15.1. The van der Waals surface area contributed by atoms with Gasteiger partial charge in [-0.2, -0.15) is 13.2 Å². The van der Waals surface area contributed by atoms with Crippen molar-refractivity contribution in [2.45, 2.75) is 56.3 Å². The van der Waals surface area contributed by atoms with Crippen LogP contribution < -0.4 is 0 Å². The predicted octanol–water partition coefficient (Wildman–Crippen LogP) is 3.08. The van der Waals surface area contributed by atoms with Gasteiger partial charge in [0.25, 0.3) is 5.91 Å². The largest absolute Gasteiger partial charge is 0.419 e. The molecule has 3 aliphatic rings. The molecule has 11 heteroatoms. The summed E-state index contributed by atoms with van der Waals surface area (Å²) in [7, 11) is 0. The summed E-state index contributed by atoms with van der Waals surface area (Å²) in [5.74, 6) is -0.589. The summed E-state index contributed by atoms with van der Waals surface area (Å²) < 4.78 is 42.2. The van der Waals surface area contributed by atoms with Gasteiger partial charge >= 0.3 is 6.18 Å². The maximum absolute atomic E-state index is 13.7. The fraction of sp³-hybridized carbons (Fsp3) is 0.571. The Bertz CT molecular complexity index is 1100. The Morgan fingerprint density at radius 1 is 1.22 bits per heavy atom. The van der Waals surface area contributed by atoms with E-state index in [4.69, 9.17) is 11.6 Å². The Hall–Kier alpha value is -2.33. The number of hydrogen-bond donors (Lipinski definition) is 1. The first-order valence-electron chi connectivity index (χ1n) is 10.7. The molecule has 2 atom stereocenters. The maximum Gasteiger partial charge on any atom is 0.419 e. The number of β-amino-alcohol motifs (C(OH)–C–C–N with tert-alkyl or cyclic N) is 1. The fourth-order valence-electron chi connectivity index (χ4n) is 4.76. The Balaban J connectivity index is 1.44. The molecule has 2 aromatic rings. The third-order valence-electron chi connectivity index (χ3n) is 6.58. The van der Waals surface area contributed by atoms with Gasteiger partial charge in [-0.3, -0.25) is 14.0 Å². The van der Waals surface area contributed by atoms with Gasteiger partial charge in [0, 0.05) is 32.3 Å². The molecule has 3 fully saturated rings. The van der Waals surface area contributed by atoms with Crippen molar-refractivity contribution in [1.82, 2.24) is 19.2 Å². The number of aliphatic hydroxyl groups is 1. The van der Waals surface area contributed by atoms with Crippen LogP contribution in [0.1, 0.15) is 59.6 Å². The molecule has 1 saturated carbocycles. The first kappa shape index (κ1) is 21.5. The van der Waals surface area contributed by atoms with E-state index < -0.39 is 29.4 Å². The van der Waals surface area contributed by atoms with Crippen molar-refractivity contribution in [3.8, 4) is 0 Å². The van der Waals surface area contributed by atoms with Gasteiger partial charge in [0.1, 0.15) is 5.15 Å². The van der Waals surface area contributed by atoms with E-state index in [2.05, 4.69) is 4.98 Å². The minimum absolute atomic E-state index is 0.0108. The van der Waals surface area contributed by atoms with Crippen LogP contribution >= 0.6 is 11.6 Å². The number of hydrogen-bond acceptors (Lipinski definition) is 4. The van der Waals surface area contributed by atoms with Crippen LogP contribution in [-0.2, 0) is 11.0 Å². The van der Waals surface area contributed by atoms with Crippen LogP contribution in [0.15, 0.2) is 12.3 Å². The van der Waals surface area contributed by atoms with Crippen molar-refractivity contribution >= 4 is 29.1 Å². The van der Waals surface area contributed by atoms with E-state index in [0.29, 0.717) is 24.9 Å². The van der Waals surface area contributed by atoms with Crippen molar-refractivity contribution in [3.05, 3.63) is 34.2 Å². The maximum atomic E-state index is 13.7. The number of aliphatic hydroxyl groups excluding tert-OH is 1. The predicted molar refractivity (Wildman–Crippen MR) is 108 cm³/mol. The molecule has 0 unspecified atom stereocenters. The van der Waals surface area contributed by atoms with E-state index in [1.807, 2.05) is 0 Å². The van der Waals surface area contributed by atoms with E-state index in [1.165, 1.54) is 11.1 Å². The highest BCUT2D eigenvalue weighted by molar-refractivity contribution is 6.33. The van der Waals surface area contributed by atoms with Gasteiger partial charge in [0.2, 0.25) is 5.91 Å². The topological polar surface area (TPSA) is 78.2 Å². The van der Waals surface area contributed by atoms with Crippen LogP contribution in [0.3, 0.4) is 0 Å². The second-order valence-corrected chi connectivity index (χ2v) is 9.13. The zero-order chi connectivity index (χ0) is 22.8. The van der Waals surface area contributed by atoms with Crippen molar-refractivity contribution in [2.75, 3.05) is 19.6 Å². The molecule has 172 valence electrons. The van der Waals surface area contributed by atoms with E-state index in [1.54, 1.807) is 4.90 Å². The molecule has 0 aromatic carbocycles. The summed E-state index contributed by atoms with van der Waals surface area (Å²) >= 11 is 6.35. The average Bonchev–Trinajstić information content (AvgIpc) is 3.43. The molecule has 32 heavy (non-hydrogen) atoms. The minimum atomic E-state index is -4.64. The molecule has 1 N–H and O–H groups in total. The number of rotatable bonds is 3. The number of likely N-dealkylation sites (tertiary alicyclic amines) is 2. The number of halogens is 4. The van der Waals surface area contributed by atoms with E-state index in [9.17, 15) is 27.9 Å². The van der Waals surface area contributed by atoms with Crippen LogP contribution in [-0.4, -0.2) is 67.9 Å². The lowest BCUT2D eigenvalue weighted by Gasteiger charge is -2.40. The lowest BCUT2D eigenvalue weighted by molar-refractivity contribution is -0.136. The number of alkyl halides is 3. The Labute approximate surface area is 186 Å². The third-order valence-corrected chi connectivity index (χ3v) is 6.94. The fourth-order valence-corrected chi connectivity index (χ4v) is 5.01. The first-order valence-corrected chi connectivity index (χ1v) is 11.1. The van der Waals surface area contributed by atoms with Gasteiger partial charge in [0.05, 0.1) is 17.7 Å². The summed E-state index contributed by atoms with van der Waals surface area (Å²) in [6.45, 7) is 0.779. The SMILES string of the molecule is O=C(c1nc2c(C(F)(F)F)cc(C3CC3)cn2c1Cl)N1CC[C@H](N2CCCC2=O)[C@@H](O)C1. The summed E-state index contributed by atoms with van der Waals surface area (Å²) in [5, 5.41) is 10.4. The standard InChI is InChI=1S/C21H22ClF3N4O3/c22-18-17(20(32)27-7-5-14(15(30)10-27)28-6-1-2-16(28)31)26-19-13(21(23,24)25)8-12(9-29(18)19)11-3-4-11/h8-9,11,14-15,30H,1-7,10H2/t14-,15-/m0/s1. The van der Waals surface area contributed by atoms with Crippen molar-refractivity contribution in [2.24, 2.45) is 0 Å². The average molecular weight is 471 g/mol. The van der Waals surface area contributed by atoms with Crippen LogP contribution in [0.25, 0.3) is 5.65 Å². The zero-order valence-corrected chi connectivity index (χ0v) is 17.9.